The maximum Gasteiger partial charge on any atom is 0.205 e. The van der Waals surface area contributed by atoms with Crippen LogP contribution in [0.1, 0.15) is 40.3 Å². The van der Waals surface area contributed by atoms with Gasteiger partial charge in [0.2, 0.25) is 5.60 Å². The molecule has 9 nitrogen and oxygen atoms in total. The van der Waals surface area contributed by atoms with Crippen LogP contribution in [0, 0.1) is 11.3 Å². The molecule has 2 N–H and O–H groups in total. The van der Waals surface area contributed by atoms with Crippen LogP contribution in [-0.4, -0.2) is 53.6 Å². The number of hydrogen-bond acceptors (Lipinski definition) is 8. The molecule has 4 heterocycles. The Balaban J connectivity index is 1.77. The molecule has 168 valence electrons. The smallest absolute Gasteiger partial charge is 0.205 e. The molecule has 0 amide bonds. The Labute approximate surface area is 183 Å². The Hall–Kier alpha value is -2.03. The lowest BCUT2D eigenvalue weighted by molar-refractivity contribution is -0.202. The summed E-state index contributed by atoms with van der Waals surface area (Å²) in [7, 11) is -2.13. The molecular formula is C21H31N5O4Si. The first kappa shape index (κ1) is 22.2. The fraction of sp³-hybridized carbons (Fsp3) is 0.667. The Morgan fingerprint density at radius 3 is 2.71 bits per heavy atom. The summed E-state index contributed by atoms with van der Waals surface area (Å²) in [5.41, 5.74) is 5.04. The number of ether oxygens (including phenoxy) is 3. The second kappa shape index (κ2) is 6.73. The van der Waals surface area contributed by atoms with Gasteiger partial charge in [0.1, 0.15) is 24.0 Å². The van der Waals surface area contributed by atoms with E-state index in [0.29, 0.717) is 17.0 Å². The molecule has 2 aliphatic heterocycles. The Morgan fingerprint density at radius 2 is 2.06 bits per heavy atom. The number of nitrogens with zero attached hydrogens (tertiary/aromatic N) is 4. The second-order valence-electron chi connectivity index (χ2n) is 10.4. The first-order valence-corrected chi connectivity index (χ1v) is 13.3. The van der Waals surface area contributed by atoms with Crippen LogP contribution >= 0.6 is 0 Å². The van der Waals surface area contributed by atoms with Crippen LogP contribution in [0.25, 0.3) is 5.52 Å². The summed E-state index contributed by atoms with van der Waals surface area (Å²) in [5, 5.41) is 14.6. The van der Waals surface area contributed by atoms with Crippen molar-refractivity contribution in [2.45, 2.75) is 75.8 Å². The van der Waals surface area contributed by atoms with E-state index in [4.69, 9.17) is 24.4 Å². The van der Waals surface area contributed by atoms with Crippen molar-refractivity contribution in [3.63, 3.8) is 0 Å². The largest absolute Gasteiger partial charge is 0.413 e. The van der Waals surface area contributed by atoms with Crippen molar-refractivity contribution in [2.75, 3.05) is 18.9 Å². The number of fused-ring (bicyclic) bond motifs is 2. The van der Waals surface area contributed by atoms with Crippen LogP contribution < -0.4 is 5.73 Å². The highest BCUT2D eigenvalue weighted by Crippen LogP contribution is 2.54. The third kappa shape index (κ3) is 3.27. The Kier molecular flexibility index (Phi) is 4.81. The minimum absolute atomic E-state index is 0.00216. The molecule has 0 saturated carbocycles. The molecule has 0 radical (unpaired) electrons. The van der Waals surface area contributed by atoms with E-state index in [0.717, 1.165) is 0 Å². The summed E-state index contributed by atoms with van der Waals surface area (Å²) in [6, 6.07) is 6.08. The van der Waals surface area contributed by atoms with E-state index in [1.165, 1.54) is 6.33 Å². The van der Waals surface area contributed by atoms with Gasteiger partial charge in [0.05, 0.1) is 18.9 Å². The van der Waals surface area contributed by atoms with Crippen molar-refractivity contribution in [1.29, 1.82) is 5.26 Å². The fourth-order valence-corrected chi connectivity index (χ4v) is 5.07. The van der Waals surface area contributed by atoms with E-state index < -0.39 is 31.4 Å². The van der Waals surface area contributed by atoms with Gasteiger partial charge in [-0.05, 0) is 44.1 Å². The van der Waals surface area contributed by atoms with Crippen LogP contribution in [0.4, 0.5) is 5.82 Å². The minimum atomic E-state index is -2.13. The summed E-state index contributed by atoms with van der Waals surface area (Å²) in [6.07, 6.45) is 0.686. The number of rotatable bonds is 4. The molecule has 2 saturated heterocycles. The fourth-order valence-electron chi connectivity index (χ4n) is 4.06. The minimum Gasteiger partial charge on any atom is -0.413 e. The molecule has 2 aliphatic rings. The van der Waals surface area contributed by atoms with E-state index in [2.05, 4.69) is 50.0 Å². The molecule has 4 rings (SSSR count). The topological polar surface area (TPSA) is 117 Å². The normalized spacial score (nSPS) is 30.5. The van der Waals surface area contributed by atoms with Gasteiger partial charge in [-0.3, -0.25) is 0 Å². The quantitative estimate of drug-likeness (QED) is 0.714. The predicted octanol–water partition coefficient (Wildman–Crippen LogP) is 2.97. The second-order valence-corrected chi connectivity index (χ2v) is 15.2. The molecule has 0 aromatic carbocycles. The molecule has 0 unspecified atom stereocenters. The monoisotopic (exact) mass is 445 g/mol. The predicted molar refractivity (Wildman–Crippen MR) is 117 cm³/mol. The SMILES string of the molecule is CC1(C)O[C@@H]2[C@@](C#N)(CO[Si](C)(C)C(C)(C)C)OC[C@@]2(c2ccc3c(N)ncnn23)O1. The zero-order valence-corrected chi connectivity index (χ0v) is 20.2. The average molecular weight is 446 g/mol. The van der Waals surface area contributed by atoms with E-state index in [-0.39, 0.29) is 18.3 Å². The lowest BCUT2D eigenvalue weighted by Crippen LogP contribution is -2.52. The van der Waals surface area contributed by atoms with Crippen LogP contribution in [0.5, 0.6) is 0 Å². The standard InChI is InChI=1S/C21H31N5O4Si/c1-18(2,3)31(6,7)28-11-20(10-22)17-21(12-27-20,30-19(4,5)29-17)15-9-8-14-16(23)24-13-25-26(14)15/h8-9,13,17H,11-12H2,1-7H3,(H2,23,24,25)/t17-,20-,21+/m1/s1. The van der Waals surface area contributed by atoms with Gasteiger partial charge < -0.3 is 24.4 Å². The summed E-state index contributed by atoms with van der Waals surface area (Å²) in [4.78, 5) is 4.06. The number of nitriles is 1. The van der Waals surface area contributed by atoms with Gasteiger partial charge in [-0.2, -0.15) is 10.4 Å². The molecular weight excluding hydrogens is 414 g/mol. The van der Waals surface area contributed by atoms with Gasteiger partial charge in [-0.25, -0.2) is 9.50 Å². The molecule has 2 aromatic heterocycles. The first-order chi connectivity index (χ1) is 14.3. The molecule has 3 atom stereocenters. The number of nitrogen functional groups attached to an aromatic ring is 1. The Morgan fingerprint density at radius 1 is 1.35 bits per heavy atom. The van der Waals surface area contributed by atoms with Crippen molar-refractivity contribution in [3.05, 3.63) is 24.2 Å². The third-order valence-corrected chi connectivity index (χ3v) is 11.3. The van der Waals surface area contributed by atoms with Crippen molar-refractivity contribution in [1.82, 2.24) is 14.6 Å². The van der Waals surface area contributed by atoms with Gasteiger partial charge in [0, 0.05) is 0 Å². The molecule has 10 heteroatoms. The Bertz CT molecular complexity index is 1060. The molecule has 2 fully saturated rings. The van der Waals surface area contributed by atoms with E-state index in [1.54, 1.807) is 4.52 Å². The van der Waals surface area contributed by atoms with Gasteiger partial charge in [0.15, 0.2) is 25.5 Å². The molecule has 2 aromatic rings. The van der Waals surface area contributed by atoms with Crippen molar-refractivity contribution in [2.24, 2.45) is 0 Å². The molecule has 0 spiro atoms. The molecule has 0 aliphatic carbocycles. The number of aromatic nitrogens is 3. The highest BCUT2D eigenvalue weighted by atomic mass is 28.4. The van der Waals surface area contributed by atoms with Gasteiger partial charge in [-0.1, -0.05) is 20.8 Å². The van der Waals surface area contributed by atoms with Crippen LogP contribution in [0.3, 0.4) is 0 Å². The maximum atomic E-state index is 10.3. The average Bonchev–Trinajstić information content (AvgIpc) is 3.29. The number of anilines is 1. The third-order valence-electron chi connectivity index (χ3n) is 6.78. The van der Waals surface area contributed by atoms with Crippen molar-refractivity contribution in [3.8, 4) is 6.07 Å². The van der Waals surface area contributed by atoms with Crippen molar-refractivity contribution < 1.29 is 18.6 Å². The van der Waals surface area contributed by atoms with Gasteiger partial charge >= 0.3 is 0 Å². The zero-order chi connectivity index (χ0) is 22.9. The number of nitrogens with two attached hydrogens (primary N) is 1. The lowest BCUT2D eigenvalue weighted by atomic mass is 9.86. The van der Waals surface area contributed by atoms with Gasteiger partial charge in [0.25, 0.3) is 0 Å². The summed E-state index contributed by atoms with van der Waals surface area (Å²) in [6.45, 7) is 14.7. The zero-order valence-electron chi connectivity index (χ0n) is 19.2. The van der Waals surface area contributed by atoms with E-state index in [9.17, 15) is 5.26 Å². The van der Waals surface area contributed by atoms with E-state index in [1.807, 2.05) is 26.0 Å². The lowest BCUT2D eigenvalue weighted by Gasteiger charge is -2.39. The molecule has 0 bridgehead atoms. The van der Waals surface area contributed by atoms with Crippen LogP contribution in [0.15, 0.2) is 18.5 Å². The highest BCUT2D eigenvalue weighted by Gasteiger charge is 2.70. The summed E-state index contributed by atoms with van der Waals surface area (Å²) >= 11 is 0. The maximum absolute atomic E-state index is 10.3. The summed E-state index contributed by atoms with van der Waals surface area (Å²) in [5.74, 6) is -0.560. The highest BCUT2D eigenvalue weighted by molar-refractivity contribution is 6.74. The number of hydrogen-bond donors (Lipinski definition) is 1. The van der Waals surface area contributed by atoms with Crippen LogP contribution in [-0.2, 0) is 24.2 Å². The summed E-state index contributed by atoms with van der Waals surface area (Å²) < 4.78 is 27.0. The van der Waals surface area contributed by atoms with Crippen molar-refractivity contribution >= 4 is 19.7 Å². The van der Waals surface area contributed by atoms with E-state index >= 15 is 0 Å². The van der Waals surface area contributed by atoms with Gasteiger partial charge in [-0.15, -0.1) is 0 Å². The first-order valence-electron chi connectivity index (χ1n) is 10.4. The van der Waals surface area contributed by atoms with Crippen LogP contribution in [0.2, 0.25) is 18.1 Å². The molecule has 31 heavy (non-hydrogen) atoms.